The Balaban J connectivity index is 2.22. The van der Waals surface area contributed by atoms with Crippen molar-refractivity contribution in [2.24, 2.45) is 17.3 Å². The number of rotatable bonds is 7. The van der Waals surface area contributed by atoms with Crippen molar-refractivity contribution in [3.05, 3.63) is 48.0 Å². The molecule has 0 aliphatic heterocycles. The summed E-state index contributed by atoms with van der Waals surface area (Å²) in [6, 6.07) is 9.60. The number of carbonyl (C=O) groups excluding carboxylic acids is 2. The zero-order chi connectivity index (χ0) is 20.1. The maximum atomic E-state index is 13.1. The van der Waals surface area contributed by atoms with Crippen LogP contribution in [0.2, 0.25) is 0 Å². The summed E-state index contributed by atoms with van der Waals surface area (Å²) in [5.74, 6) is -0.880. The predicted molar refractivity (Wildman–Crippen MR) is 106 cm³/mol. The lowest BCUT2D eigenvalue weighted by molar-refractivity contribution is -0.179. The number of ether oxygens (including phenoxy) is 2. The van der Waals surface area contributed by atoms with Crippen LogP contribution in [0, 0.1) is 17.3 Å². The zero-order valence-electron chi connectivity index (χ0n) is 17.2. The van der Waals surface area contributed by atoms with Crippen LogP contribution in [0.3, 0.4) is 0 Å². The van der Waals surface area contributed by atoms with Crippen LogP contribution in [-0.4, -0.2) is 17.5 Å². The molecule has 0 N–H and O–H groups in total. The second-order valence-electron chi connectivity index (χ2n) is 8.81. The van der Waals surface area contributed by atoms with Crippen LogP contribution in [0.25, 0.3) is 0 Å². The molecule has 1 aliphatic carbocycles. The van der Waals surface area contributed by atoms with E-state index < -0.39 is 16.9 Å². The van der Waals surface area contributed by atoms with Gasteiger partial charge in [-0.1, -0.05) is 56.3 Å². The van der Waals surface area contributed by atoms with E-state index in [-0.39, 0.29) is 24.5 Å². The smallest absolute Gasteiger partial charge is 0.314 e. The maximum absolute atomic E-state index is 13.1. The predicted octanol–water partition coefficient (Wildman–Crippen LogP) is 5.07. The van der Waals surface area contributed by atoms with Crippen molar-refractivity contribution in [3.8, 4) is 0 Å². The van der Waals surface area contributed by atoms with Gasteiger partial charge in [-0.25, -0.2) is 0 Å². The molecule has 1 aromatic rings. The fraction of sp³-hybridized carbons (Fsp3) is 0.565. The Morgan fingerprint density at radius 1 is 1.07 bits per heavy atom. The first-order valence-corrected chi connectivity index (χ1v) is 9.73. The lowest BCUT2D eigenvalue weighted by atomic mass is 9.70. The molecule has 1 atom stereocenters. The number of benzene rings is 1. The van der Waals surface area contributed by atoms with Gasteiger partial charge in [0, 0.05) is 0 Å². The molecule has 1 aromatic carbocycles. The molecule has 0 amide bonds. The van der Waals surface area contributed by atoms with Crippen molar-refractivity contribution >= 4 is 11.9 Å². The summed E-state index contributed by atoms with van der Waals surface area (Å²) in [5, 5.41) is 0. The number of allylic oxidation sites excluding steroid dienone is 2. The molecular weight excluding hydrogens is 340 g/mol. The second-order valence-corrected chi connectivity index (χ2v) is 8.81. The number of carbonyl (C=O) groups is 2. The van der Waals surface area contributed by atoms with Gasteiger partial charge in [-0.3, -0.25) is 9.59 Å². The van der Waals surface area contributed by atoms with Crippen LogP contribution >= 0.6 is 0 Å². The topological polar surface area (TPSA) is 52.6 Å². The molecule has 0 saturated carbocycles. The van der Waals surface area contributed by atoms with E-state index in [2.05, 4.69) is 13.8 Å². The molecule has 0 saturated heterocycles. The highest BCUT2D eigenvalue weighted by Crippen LogP contribution is 2.46. The van der Waals surface area contributed by atoms with Gasteiger partial charge in [0.1, 0.15) is 12.2 Å². The molecule has 0 fully saturated rings. The van der Waals surface area contributed by atoms with Gasteiger partial charge in [-0.15, -0.1) is 0 Å². The van der Waals surface area contributed by atoms with Crippen LogP contribution in [-0.2, 0) is 25.7 Å². The lowest BCUT2D eigenvalue weighted by Crippen LogP contribution is -2.45. The van der Waals surface area contributed by atoms with E-state index in [4.69, 9.17) is 9.47 Å². The molecule has 148 valence electrons. The van der Waals surface area contributed by atoms with Gasteiger partial charge in [0.05, 0.1) is 11.3 Å². The van der Waals surface area contributed by atoms with Crippen molar-refractivity contribution in [1.29, 1.82) is 0 Å². The third kappa shape index (κ3) is 5.69. The Morgan fingerprint density at radius 2 is 1.67 bits per heavy atom. The summed E-state index contributed by atoms with van der Waals surface area (Å²) in [7, 11) is 0. The summed E-state index contributed by atoms with van der Waals surface area (Å²) in [4.78, 5) is 26.2. The molecule has 0 radical (unpaired) electrons. The van der Waals surface area contributed by atoms with Crippen LogP contribution < -0.4 is 0 Å². The van der Waals surface area contributed by atoms with E-state index in [0.29, 0.717) is 19.3 Å². The fourth-order valence-electron chi connectivity index (χ4n) is 3.49. The Bertz CT molecular complexity index is 659. The highest BCUT2D eigenvalue weighted by Gasteiger charge is 2.52. The molecule has 0 spiro atoms. The average molecular weight is 373 g/mol. The molecule has 0 aromatic heterocycles. The monoisotopic (exact) mass is 372 g/mol. The van der Waals surface area contributed by atoms with E-state index in [9.17, 15) is 9.59 Å². The van der Waals surface area contributed by atoms with Crippen LogP contribution in [0.4, 0.5) is 0 Å². The van der Waals surface area contributed by atoms with Gasteiger partial charge in [-0.2, -0.15) is 0 Å². The number of hydrogen-bond donors (Lipinski definition) is 0. The Labute approximate surface area is 162 Å². The first kappa shape index (κ1) is 21.2. The minimum atomic E-state index is -0.870. The van der Waals surface area contributed by atoms with E-state index in [1.54, 1.807) is 0 Å². The zero-order valence-corrected chi connectivity index (χ0v) is 17.2. The molecule has 4 heteroatoms. The van der Waals surface area contributed by atoms with Crippen molar-refractivity contribution in [2.45, 2.75) is 66.1 Å². The molecule has 4 nitrogen and oxygen atoms in total. The van der Waals surface area contributed by atoms with Crippen molar-refractivity contribution < 1.29 is 19.1 Å². The highest BCUT2D eigenvalue weighted by molar-refractivity contribution is 5.86. The lowest BCUT2D eigenvalue weighted by Gasteiger charge is -2.37. The third-order valence-corrected chi connectivity index (χ3v) is 4.82. The van der Waals surface area contributed by atoms with E-state index in [1.165, 1.54) is 0 Å². The Kier molecular flexibility index (Phi) is 6.85. The molecule has 27 heavy (non-hydrogen) atoms. The SMILES string of the molecule is CC(C)C[C@@H](C(=O)OCc1ccccc1)C1(C(=O)OC(C)(C)C)CC=CC1. The van der Waals surface area contributed by atoms with E-state index >= 15 is 0 Å². The Hall–Kier alpha value is -2.10. The summed E-state index contributed by atoms with van der Waals surface area (Å²) >= 11 is 0. The standard InChI is InChI=1S/C23H32O4/c1-17(2)15-19(20(24)26-16-18-11-7-6-8-12-18)23(13-9-10-14-23)21(25)27-22(3,4)5/h6-12,17,19H,13-16H2,1-5H3/t19-/m0/s1. The quantitative estimate of drug-likeness (QED) is 0.495. The summed E-state index contributed by atoms with van der Waals surface area (Å²) < 4.78 is 11.3. The summed E-state index contributed by atoms with van der Waals surface area (Å²) in [5.41, 5.74) is -0.529. The van der Waals surface area contributed by atoms with Crippen molar-refractivity contribution in [3.63, 3.8) is 0 Å². The largest absolute Gasteiger partial charge is 0.461 e. The molecule has 0 unspecified atom stereocenters. The maximum Gasteiger partial charge on any atom is 0.314 e. The van der Waals surface area contributed by atoms with Gasteiger partial charge in [-0.05, 0) is 51.5 Å². The van der Waals surface area contributed by atoms with Gasteiger partial charge >= 0.3 is 11.9 Å². The first-order chi connectivity index (χ1) is 12.6. The molecule has 1 aliphatic rings. The van der Waals surface area contributed by atoms with Crippen LogP contribution in [0.5, 0.6) is 0 Å². The summed E-state index contributed by atoms with van der Waals surface area (Å²) in [6.45, 7) is 9.89. The summed E-state index contributed by atoms with van der Waals surface area (Å²) in [6.07, 6.45) is 5.57. The van der Waals surface area contributed by atoms with Crippen molar-refractivity contribution in [1.82, 2.24) is 0 Å². The molecule has 0 bridgehead atoms. The van der Waals surface area contributed by atoms with Crippen molar-refractivity contribution in [2.75, 3.05) is 0 Å². The van der Waals surface area contributed by atoms with Gasteiger partial charge < -0.3 is 9.47 Å². The normalized spacial score (nSPS) is 17.0. The first-order valence-electron chi connectivity index (χ1n) is 9.73. The molecule has 0 heterocycles. The van der Waals surface area contributed by atoms with Crippen LogP contribution in [0.15, 0.2) is 42.5 Å². The number of hydrogen-bond acceptors (Lipinski definition) is 4. The third-order valence-electron chi connectivity index (χ3n) is 4.82. The van der Waals surface area contributed by atoms with Gasteiger partial charge in [0.2, 0.25) is 0 Å². The fourth-order valence-corrected chi connectivity index (χ4v) is 3.49. The van der Waals surface area contributed by atoms with Gasteiger partial charge in [0.15, 0.2) is 0 Å². The van der Waals surface area contributed by atoms with E-state index in [1.807, 2.05) is 63.3 Å². The van der Waals surface area contributed by atoms with Gasteiger partial charge in [0.25, 0.3) is 0 Å². The highest BCUT2D eigenvalue weighted by atomic mass is 16.6. The minimum absolute atomic E-state index is 0.214. The molecular formula is C23H32O4. The average Bonchev–Trinajstić information content (AvgIpc) is 3.08. The Morgan fingerprint density at radius 3 is 2.19 bits per heavy atom. The molecule has 2 rings (SSSR count). The van der Waals surface area contributed by atoms with Crippen LogP contribution in [0.1, 0.15) is 59.4 Å². The van der Waals surface area contributed by atoms with E-state index in [0.717, 1.165) is 5.56 Å². The second kappa shape index (κ2) is 8.73. The number of esters is 2. The minimum Gasteiger partial charge on any atom is -0.461 e.